The largest absolute Gasteiger partial charge is 0.294 e. The smallest absolute Gasteiger partial charge is 0.164 e. The van der Waals surface area contributed by atoms with Gasteiger partial charge in [-0.3, -0.25) is 4.57 Å². The summed E-state index contributed by atoms with van der Waals surface area (Å²) in [4.78, 5) is 20.5. The van der Waals surface area contributed by atoms with Crippen molar-refractivity contribution in [2.75, 3.05) is 0 Å². The van der Waals surface area contributed by atoms with Crippen molar-refractivity contribution in [3.05, 3.63) is 199 Å². The molecule has 10 aromatic rings. The number of aromatic nitrogens is 5. The van der Waals surface area contributed by atoms with Gasteiger partial charge in [0.1, 0.15) is 5.65 Å². The number of nitriles is 1. The molecule has 60 heavy (non-hydrogen) atoms. The van der Waals surface area contributed by atoms with E-state index in [1.165, 1.54) is 22.3 Å². The first-order valence-corrected chi connectivity index (χ1v) is 20.1. The van der Waals surface area contributed by atoms with E-state index in [1.807, 2.05) is 85.1 Å². The molecule has 0 atom stereocenters. The van der Waals surface area contributed by atoms with Crippen LogP contribution in [-0.2, 0) is 5.41 Å². The van der Waals surface area contributed by atoms with Crippen molar-refractivity contribution in [1.82, 2.24) is 24.5 Å². The number of nitrogens with zero attached hydrogens (tertiary/aromatic N) is 6. The van der Waals surface area contributed by atoms with Crippen LogP contribution in [-0.4, -0.2) is 24.5 Å². The molecule has 0 radical (unpaired) electrons. The van der Waals surface area contributed by atoms with Gasteiger partial charge in [-0.1, -0.05) is 129 Å². The van der Waals surface area contributed by atoms with E-state index in [-0.39, 0.29) is 5.41 Å². The lowest BCUT2D eigenvalue weighted by Crippen LogP contribution is -2.15. The number of fused-ring (bicyclic) bond motifs is 6. The highest BCUT2D eigenvalue weighted by molar-refractivity contribution is 6.09. The molecule has 282 valence electrons. The summed E-state index contributed by atoms with van der Waals surface area (Å²) < 4.78 is 2.24. The molecule has 6 nitrogen and oxygen atoms in total. The zero-order valence-corrected chi connectivity index (χ0v) is 33.0. The van der Waals surface area contributed by atoms with Crippen LogP contribution < -0.4 is 0 Å². The fourth-order valence-electron chi connectivity index (χ4n) is 8.86. The molecule has 3 heterocycles. The molecule has 1 aliphatic carbocycles. The predicted octanol–water partition coefficient (Wildman–Crippen LogP) is 12.9. The second kappa shape index (κ2) is 13.8. The van der Waals surface area contributed by atoms with Gasteiger partial charge in [-0.2, -0.15) is 5.26 Å². The van der Waals surface area contributed by atoms with Crippen LogP contribution >= 0.6 is 0 Å². The molecule has 0 aliphatic heterocycles. The molecule has 0 unspecified atom stereocenters. The maximum absolute atomic E-state index is 9.75. The zero-order chi connectivity index (χ0) is 40.4. The number of pyridine rings is 1. The summed E-state index contributed by atoms with van der Waals surface area (Å²) in [5, 5.41) is 12.0. The standard InChI is InChI=1S/C54H36N6/c1-54(2)47-26-34(32-55)22-24-43(47)44-25-23-37(31-48(44)54)38-27-39(41-30-46-45-20-12-13-21-49(45)60(53(46)56-33-41)42-18-10-5-11-19-42)29-40(28-38)52-58-50(35-14-6-3-7-15-35)57-51(59-52)36-16-8-4-9-17-36/h3-31,33H,1-2H3. The van der Waals surface area contributed by atoms with Gasteiger partial charge in [0.15, 0.2) is 17.5 Å². The van der Waals surface area contributed by atoms with Crippen LogP contribution in [0.15, 0.2) is 182 Å². The van der Waals surface area contributed by atoms with E-state index < -0.39 is 0 Å². The van der Waals surface area contributed by atoms with Crippen LogP contribution in [0.1, 0.15) is 30.5 Å². The fourth-order valence-corrected chi connectivity index (χ4v) is 8.86. The highest BCUT2D eigenvalue weighted by Gasteiger charge is 2.36. The van der Waals surface area contributed by atoms with E-state index in [4.69, 9.17) is 19.9 Å². The molecular formula is C54H36N6. The number of hydrogen-bond acceptors (Lipinski definition) is 5. The summed E-state index contributed by atoms with van der Waals surface area (Å²) >= 11 is 0. The fraction of sp³-hybridized carbons (Fsp3) is 0.0556. The van der Waals surface area contributed by atoms with Crippen molar-refractivity contribution in [2.45, 2.75) is 19.3 Å². The van der Waals surface area contributed by atoms with E-state index in [0.29, 0.717) is 23.0 Å². The van der Waals surface area contributed by atoms with Gasteiger partial charge in [0, 0.05) is 50.3 Å². The average Bonchev–Trinajstić information content (AvgIpc) is 3.76. The Kier molecular flexibility index (Phi) is 8.11. The van der Waals surface area contributed by atoms with E-state index in [1.54, 1.807) is 0 Å². The van der Waals surface area contributed by atoms with Crippen LogP contribution in [0.3, 0.4) is 0 Å². The Hall–Kier alpha value is -8.01. The number of hydrogen-bond donors (Lipinski definition) is 0. The minimum atomic E-state index is -0.292. The van der Waals surface area contributed by atoms with Crippen molar-refractivity contribution in [1.29, 1.82) is 5.26 Å². The summed E-state index contributed by atoms with van der Waals surface area (Å²) in [5.41, 5.74) is 15.0. The molecule has 0 spiro atoms. The van der Waals surface area contributed by atoms with E-state index >= 15 is 0 Å². The minimum Gasteiger partial charge on any atom is -0.294 e. The van der Waals surface area contributed by atoms with Crippen molar-refractivity contribution in [2.24, 2.45) is 0 Å². The third kappa shape index (κ3) is 5.79. The summed E-state index contributed by atoms with van der Waals surface area (Å²) in [6.45, 7) is 4.50. The Morgan fingerprint density at radius 1 is 0.467 bits per heavy atom. The third-order valence-corrected chi connectivity index (χ3v) is 11.9. The summed E-state index contributed by atoms with van der Waals surface area (Å²) in [5.74, 6) is 1.80. The summed E-state index contributed by atoms with van der Waals surface area (Å²) in [7, 11) is 0. The first-order valence-electron chi connectivity index (χ1n) is 20.1. The second-order valence-corrected chi connectivity index (χ2v) is 15.9. The lowest BCUT2D eigenvalue weighted by molar-refractivity contribution is 0.660. The topological polar surface area (TPSA) is 80.3 Å². The molecule has 3 aromatic heterocycles. The molecule has 0 fully saturated rings. The molecule has 0 saturated heterocycles. The Morgan fingerprint density at radius 2 is 1.02 bits per heavy atom. The van der Waals surface area contributed by atoms with Crippen LogP contribution in [0.25, 0.3) is 95.2 Å². The van der Waals surface area contributed by atoms with Crippen LogP contribution in [0.5, 0.6) is 0 Å². The molecule has 0 N–H and O–H groups in total. The van der Waals surface area contributed by atoms with E-state index in [2.05, 4.69) is 122 Å². The molecule has 1 aliphatic rings. The van der Waals surface area contributed by atoms with Crippen LogP contribution in [0.2, 0.25) is 0 Å². The minimum absolute atomic E-state index is 0.292. The van der Waals surface area contributed by atoms with Gasteiger partial charge in [-0.25, -0.2) is 19.9 Å². The quantitative estimate of drug-likeness (QED) is 0.168. The summed E-state index contributed by atoms with van der Waals surface area (Å²) in [6, 6.07) is 63.1. The Morgan fingerprint density at radius 3 is 1.68 bits per heavy atom. The monoisotopic (exact) mass is 768 g/mol. The molecule has 0 saturated carbocycles. The molecule has 0 bridgehead atoms. The van der Waals surface area contributed by atoms with Gasteiger partial charge in [0.05, 0.1) is 17.1 Å². The Balaban J connectivity index is 1.14. The van der Waals surface area contributed by atoms with Crippen molar-refractivity contribution in [3.63, 3.8) is 0 Å². The van der Waals surface area contributed by atoms with Gasteiger partial charge in [0.2, 0.25) is 0 Å². The van der Waals surface area contributed by atoms with Crippen molar-refractivity contribution in [3.8, 4) is 79.3 Å². The molecule has 0 amide bonds. The predicted molar refractivity (Wildman–Crippen MR) is 241 cm³/mol. The molecule has 6 heteroatoms. The number of rotatable bonds is 6. The highest BCUT2D eigenvalue weighted by atomic mass is 15.0. The Labute approximate surface area is 347 Å². The average molecular weight is 769 g/mol. The maximum atomic E-state index is 9.75. The van der Waals surface area contributed by atoms with Crippen LogP contribution in [0.4, 0.5) is 0 Å². The zero-order valence-electron chi connectivity index (χ0n) is 33.0. The van der Waals surface area contributed by atoms with Gasteiger partial charge in [-0.15, -0.1) is 0 Å². The normalized spacial score (nSPS) is 12.6. The maximum Gasteiger partial charge on any atom is 0.164 e. The number of para-hydroxylation sites is 2. The lowest BCUT2D eigenvalue weighted by Gasteiger charge is -2.22. The first-order chi connectivity index (χ1) is 29.4. The Bertz CT molecular complexity index is 3290. The summed E-state index contributed by atoms with van der Waals surface area (Å²) in [6.07, 6.45) is 1.98. The lowest BCUT2D eigenvalue weighted by atomic mass is 9.81. The van der Waals surface area contributed by atoms with Crippen molar-refractivity contribution >= 4 is 21.9 Å². The first kappa shape index (κ1) is 35.2. The highest BCUT2D eigenvalue weighted by Crippen LogP contribution is 2.50. The van der Waals surface area contributed by atoms with Gasteiger partial charge < -0.3 is 0 Å². The molecule has 7 aromatic carbocycles. The van der Waals surface area contributed by atoms with E-state index in [0.717, 1.165) is 66.6 Å². The molecule has 11 rings (SSSR count). The van der Waals surface area contributed by atoms with Gasteiger partial charge in [-0.05, 0) is 99.6 Å². The van der Waals surface area contributed by atoms with Gasteiger partial charge >= 0.3 is 0 Å². The van der Waals surface area contributed by atoms with E-state index in [9.17, 15) is 5.26 Å². The van der Waals surface area contributed by atoms with Gasteiger partial charge in [0.25, 0.3) is 0 Å². The second-order valence-electron chi connectivity index (χ2n) is 15.9. The number of benzene rings is 7. The van der Waals surface area contributed by atoms with Crippen molar-refractivity contribution < 1.29 is 0 Å². The van der Waals surface area contributed by atoms with Crippen LogP contribution in [0, 0.1) is 11.3 Å². The molecular weight excluding hydrogens is 733 g/mol. The third-order valence-electron chi connectivity index (χ3n) is 11.9. The SMILES string of the molecule is CC1(C)c2cc(C#N)ccc2-c2ccc(-c3cc(-c4cnc5c(c4)c4ccccc4n5-c4ccccc4)cc(-c4nc(-c5ccccc5)nc(-c5ccccc5)n4)c3)cc21.